The number of likely N-dealkylation sites (tertiary alicyclic amines) is 1. The molecule has 1 saturated heterocycles. The molecule has 7 heteroatoms. The lowest BCUT2D eigenvalue weighted by Gasteiger charge is -2.24. The van der Waals surface area contributed by atoms with E-state index in [9.17, 15) is 9.59 Å². The summed E-state index contributed by atoms with van der Waals surface area (Å²) in [4.78, 5) is 34.8. The van der Waals surface area contributed by atoms with Gasteiger partial charge in [-0.2, -0.15) is 0 Å². The first kappa shape index (κ1) is 18.8. The number of aromatic nitrogens is 2. The zero-order valence-corrected chi connectivity index (χ0v) is 15.8. The van der Waals surface area contributed by atoms with Gasteiger partial charge in [0.05, 0.1) is 24.0 Å². The molecule has 0 spiro atoms. The van der Waals surface area contributed by atoms with Gasteiger partial charge in [-0.25, -0.2) is 14.8 Å². The normalized spacial score (nSPS) is 16.9. The van der Waals surface area contributed by atoms with Crippen LogP contribution in [0.15, 0.2) is 42.7 Å². The van der Waals surface area contributed by atoms with Gasteiger partial charge in [0.1, 0.15) is 5.60 Å². The van der Waals surface area contributed by atoms with Crippen molar-refractivity contribution < 1.29 is 14.3 Å². The lowest BCUT2D eigenvalue weighted by Crippen LogP contribution is -2.36. The smallest absolute Gasteiger partial charge is 0.410 e. The molecule has 1 fully saturated rings. The van der Waals surface area contributed by atoms with Gasteiger partial charge in [-0.1, -0.05) is 30.3 Å². The van der Waals surface area contributed by atoms with Crippen LogP contribution in [-0.4, -0.2) is 45.6 Å². The molecule has 2 aromatic rings. The SMILES string of the molecule is CC(C)(C)OC(=O)N1CCC(C(=O)Nc2cnc(-c3ccccc3)nc2)C1. The molecular weight excluding hydrogens is 344 g/mol. The van der Waals surface area contributed by atoms with Crippen molar-refractivity contribution in [3.63, 3.8) is 0 Å². The van der Waals surface area contributed by atoms with E-state index in [4.69, 9.17) is 4.74 Å². The summed E-state index contributed by atoms with van der Waals surface area (Å²) in [5.74, 6) is 0.189. The Balaban J connectivity index is 1.56. The highest BCUT2D eigenvalue weighted by molar-refractivity contribution is 5.93. The third kappa shape index (κ3) is 5.03. The Kier molecular flexibility index (Phi) is 5.39. The highest BCUT2D eigenvalue weighted by Crippen LogP contribution is 2.21. The number of ether oxygens (including phenoxy) is 1. The van der Waals surface area contributed by atoms with Crippen LogP contribution in [0.1, 0.15) is 27.2 Å². The number of carbonyl (C=O) groups excluding carboxylic acids is 2. The van der Waals surface area contributed by atoms with Crippen LogP contribution in [-0.2, 0) is 9.53 Å². The quantitative estimate of drug-likeness (QED) is 0.898. The minimum atomic E-state index is -0.546. The van der Waals surface area contributed by atoms with Crippen molar-refractivity contribution in [1.29, 1.82) is 0 Å². The Morgan fingerprint density at radius 1 is 1.15 bits per heavy atom. The second-order valence-corrected chi connectivity index (χ2v) is 7.56. The number of carbonyl (C=O) groups is 2. The highest BCUT2D eigenvalue weighted by Gasteiger charge is 2.33. The molecule has 1 N–H and O–H groups in total. The maximum Gasteiger partial charge on any atom is 0.410 e. The van der Waals surface area contributed by atoms with Crippen LogP contribution in [0.2, 0.25) is 0 Å². The first-order chi connectivity index (χ1) is 12.8. The van der Waals surface area contributed by atoms with E-state index < -0.39 is 5.60 Å². The molecule has 0 aliphatic carbocycles. The van der Waals surface area contributed by atoms with Gasteiger partial charge >= 0.3 is 6.09 Å². The first-order valence-electron chi connectivity index (χ1n) is 8.98. The number of hydrogen-bond donors (Lipinski definition) is 1. The molecule has 27 heavy (non-hydrogen) atoms. The molecule has 1 aromatic carbocycles. The predicted molar refractivity (Wildman–Crippen MR) is 102 cm³/mol. The van der Waals surface area contributed by atoms with E-state index in [-0.39, 0.29) is 17.9 Å². The van der Waals surface area contributed by atoms with Gasteiger partial charge < -0.3 is 15.0 Å². The Morgan fingerprint density at radius 2 is 1.81 bits per heavy atom. The second-order valence-electron chi connectivity index (χ2n) is 7.56. The summed E-state index contributed by atoms with van der Waals surface area (Å²) in [6.07, 6.45) is 3.41. The largest absolute Gasteiger partial charge is 0.444 e. The van der Waals surface area contributed by atoms with E-state index in [1.807, 2.05) is 51.1 Å². The number of nitrogens with one attached hydrogen (secondary N) is 1. The van der Waals surface area contributed by atoms with E-state index in [1.54, 1.807) is 17.3 Å². The number of hydrogen-bond acceptors (Lipinski definition) is 5. The van der Waals surface area contributed by atoms with E-state index >= 15 is 0 Å². The molecule has 0 saturated carbocycles. The topological polar surface area (TPSA) is 84.4 Å². The number of nitrogens with zero attached hydrogens (tertiary/aromatic N) is 3. The van der Waals surface area contributed by atoms with Crippen LogP contribution in [0, 0.1) is 5.92 Å². The van der Waals surface area contributed by atoms with Crippen molar-refractivity contribution in [3.8, 4) is 11.4 Å². The fraction of sp³-hybridized carbons (Fsp3) is 0.400. The Morgan fingerprint density at radius 3 is 2.44 bits per heavy atom. The minimum Gasteiger partial charge on any atom is -0.444 e. The average Bonchev–Trinajstić information content (AvgIpc) is 3.12. The van der Waals surface area contributed by atoms with Crippen LogP contribution in [0.4, 0.5) is 10.5 Å². The first-order valence-corrected chi connectivity index (χ1v) is 8.98. The summed E-state index contributed by atoms with van der Waals surface area (Å²) in [6, 6.07) is 9.63. The molecule has 0 bridgehead atoms. The zero-order valence-electron chi connectivity index (χ0n) is 15.8. The molecule has 1 unspecified atom stereocenters. The Bertz CT molecular complexity index is 800. The number of benzene rings is 1. The molecule has 0 radical (unpaired) electrons. The van der Waals surface area contributed by atoms with E-state index in [1.165, 1.54) is 0 Å². The van der Waals surface area contributed by atoms with Crippen LogP contribution < -0.4 is 5.32 Å². The molecule has 1 aliphatic heterocycles. The summed E-state index contributed by atoms with van der Waals surface area (Å²) >= 11 is 0. The summed E-state index contributed by atoms with van der Waals surface area (Å²) in [7, 11) is 0. The van der Waals surface area contributed by atoms with Gasteiger partial charge in [0.15, 0.2) is 5.82 Å². The van der Waals surface area contributed by atoms with Crippen molar-refractivity contribution >= 4 is 17.7 Å². The summed E-state index contributed by atoms with van der Waals surface area (Å²) in [5.41, 5.74) is 0.907. The zero-order chi connectivity index (χ0) is 19.4. The van der Waals surface area contributed by atoms with Gasteiger partial charge in [0.25, 0.3) is 0 Å². The number of amides is 2. The summed E-state index contributed by atoms with van der Waals surface area (Å²) < 4.78 is 5.36. The molecule has 142 valence electrons. The average molecular weight is 368 g/mol. The third-order valence-corrected chi connectivity index (χ3v) is 4.16. The Hall–Kier alpha value is -2.96. The van der Waals surface area contributed by atoms with E-state index in [0.717, 1.165) is 5.56 Å². The minimum absolute atomic E-state index is 0.142. The lowest BCUT2D eigenvalue weighted by molar-refractivity contribution is -0.119. The molecule has 1 aromatic heterocycles. The fourth-order valence-electron chi connectivity index (χ4n) is 2.84. The maximum atomic E-state index is 12.5. The predicted octanol–water partition coefficient (Wildman–Crippen LogP) is 3.34. The van der Waals surface area contributed by atoms with Gasteiger partial charge in [-0.15, -0.1) is 0 Å². The molecule has 1 atom stereocenters. The Labute approximate surface area is 158 Å². The second kappa shape index (κ2) is 7.73. The molecule has 1 aliphatic rings. The highest BCUT2D eigenvalue weighted by atomic mass is 16.6. The fourth-order valence-corrected chi connectivity index (χ4v) is 2.84. The summed E-state index contributed by atoms with van der Waals surface area (Å²) in [5, 5.41) is 2.83. The van der Waals surface area contributed by atoms with Crippen molar-refractivity contribution in [2.45, 2.75) is 32.8 Å². The van der Waals surface area contributed by atoms with Crippen molar-refractivity contribution in [1.82, 2.24) is 14.9 Å². The molecule has 2 amide bonds. The van der Waals surface area contributed by atoms with E-state index in [2.05, 4.69) is 15.3 Å². The monoisotopic (exact) mass is 368 g/mol. The number of rotatable bonds is 3. The molecule has 3 rings (SSSR count). The van der Waals surface area contributed by atoms with Gasteiger partial charge in [0.2, 0.25) is 5.91 Å². The van der Waals surface area contributed by atoms with Gasteiger partial charge in [0, 0.05) is 18.7 Å². The van der Waals surface area contributed by atoms with Crippen LogP contribution >= 0.6 is 0 Å². The van der Waals surface area contributed by atoms with Crippen LogP contribution in [0.3, 0.4) is 0 Å². The molecular formula is C20H24N4O3. The third-order valence-electron chi connectivity index (χ3n) is 4.16. The summed E-state index contributed by atoms with van der Waals surface area (Å²) in [6.45, 7) is 6.33. The molecule has 2 heterocycles. The molecule has 7 nitrogen and oxygen atoms in total. The van der Waals surface area contributed by atoms with Gasteiger partial charge in [-0.05, 0) is 27.2 Å². The number of anilines is 1. The van der Waals surface area contributed by atoms with Gasteiger partial charge in [-0.3, -0.25) is 4.79 Å². The lowest BCUT2D eigenvalue weighted by atomic mass is 10.1. The van der Waals surface area contributed by atoms with Crippen molar-refractivity contribution in [2.75, 3.05) is 18.4 Å². The van der Waals surface area contributed by atoms with Crippen LogP contribution in [0.5, 0.6) is 0 Å². The maximum absolute atomic E-state index is 12.5. The van der Waals surface area contributed by atoms with Crippen molar-refractivity contribution in [3.05, 3.63) is 42.7 Å². The van der Waals surface area contributed by atoms with E-state index in [0.29, 0.717) is 31.0 Å². The van der Waals surface area contributed by atoms with Crippen molar-refractivity contribution in [2.24, 2.45) is 5.92 Å². The standard InChI is InChI=1S/C20H24N4O3/c1-20(2,3)27-19(26)24-10-9-15(13-24)18(25)23-16-11-21-17(22-12-16)14-7-5-4-6-8-14/h4-8,11-12,15H,9-10,13H2,1-3H3,(H,23,25). The van der Waals surface area contributed by atoms with Crippen LogP contribution in [0.25, 0.3) is 11.4 Å².